The van der Waals surface area contributed by atoms with Crippen LogP contribution in [-0.2, 0) is 4.74 Å². The van der Waals surface area contributed by atoms with Gasteiger partial charge in [-0.3, -0.25) is 0 Å². The van der Waals surface area contributed by atoms with E-state index in [0.29, 0.717) is 17.1 Å². The van der Waals surface area contributed by atoms with Crippen molar-refractivity contribution in [1.29, 1.82) is 0 Å². The molecule has 0 N–H and O–H groups in total. The lowest BCUT2D eigenvalue weighted by Crippen LogP contribution is -1.82. The molecule has 0 rings (SSSR count). The number of hydrogen-bond donors (Lipinski definition) is 1. The molecular formula is C14H18OS. The Morgan fingerprint density at radius 3 is 1.94 bits per heavy atom. The molecule has 0 aliphatic carbocycles. The van der Waals surface area contributed by atoms with E-state index >= 15 is 0 Å². The molecule has 0 saturated carbocycles. The van der Waals surface area contributed by atoms with Crippen molar-refractivity contribution in [3.63, 3.8) is 0 Å². The van der Waals surface area contributed by atoms with E-state index in [0.717, 1.165) is 11.1 Å². The van der Waals surface area contributed by atoms with Crippen molar-refractivity contribution in [2.75, 3.05) is 7.11 Å². The van der Waals surface area contributed by atoms with Gasteiger partial charge < -0.3 is 4.74 Å². The van der Waals surface area contributed by atoms with Crippen molar-refractivity contribution >= 4 is 12.6 Å². The van der Waals surface area contributed by atoms with E-state index in [1.807, 2.05) is 12.2 Å². The van der Waals surface area contributed by atoms with E-state index in [1.54, 1.807) is 19.3 Å². The molecule has 0 bridgehead atoms. The van der Waals surface area contributed by atoms with Crippen molar-refractivity contribution < 1.29 is 4.74 Å². The first kappa shape index (κ1) is 14.6. The second kappa shape index (κ2) is 7.83. The van der Waals surface area contributed by atoms with Gasteiger partial charge in [-0.25, -0.2) is 0 Å². The summed E-state index contributed by atoms with van der Waals surface area (Å²) in [4.78, 5) is 0.704. The van der Waals surface area contributed by atoms with E-state index in [1.165, 1.54) is 0 Å². The Labute approximate surface area is 104 Å². The summed E-state index contributed by atoms with van der Waals surface area (Å²) in [6.07, 6.45) is 8.01. The SMILES string of the molecule is C=C(S)/C=C\C(=C)CC(=C)/C=C\C(=C)OC. The normalized spacial score (nSPS) is 10.6. The van der Waals surface area contributed by atoms with E-state index in [2.05, 4.69) is 38.9 Å². The van der Waals surface area contributed by atoms with Crippen molar-refractivity contribution in [3.8, 4) is 0 Å². The molecule has 1 nitrogen and oxygen atoms in total. The number of rotatable bonds is 7. The molecule has 0 aliphatic rings. The van der Waals surface area contributed by atoms with Crippen molar-refractivity contribution in [2.24, 2.45) is 0 Å². The summed E-state index contributed by atoms with van der Waals surface area (Å²) >= 11 is 4.06. The van der Waals surface area contributed by atoms with E-state index in [9.17, 15) is 0 Å². The molecule has 0 amide bonds. The summed E-state index contributed by atoms with van der Waals surface area (Å²) in [6, 6.07) is 0. The van der Waals surface area contributed by atoms with Gasteiger partial charge in [-0.1, -0.05) is 49.6 Å². The summed E-state index contributed by atoms with van der Waals surface area (Å²) in [6.45, 7) is 15.1. The lowest BCUT2D eigenvalue weighted by molar-refractivity contribution is 0.309. The summed E-state index contributed by atoms with van der Waals surface area (Å²) < 4.78 is 4.90. The Kier molecular flexibility index (Phi) is 7.14. The van der Waals surface area contributed by atoms with Gasteiger partial charge in [0.15, 0.2) is 0 Å². The van der Waals surface area contributed by atoms with Gasteiger partial charge in [-0.15, -0.1) is 12.6 Å². The maximum Gasteiger partial charge on any atom is 0.111 e. The number of allylic oxidation sites excluding steroid dienone is 6. The topological polar surface area (TPSA) is 9.23 Å². The minimum atomic E-state index is 0.603. The lowest BCUT2D eigenvalue weighted by atomic mass is 10.1. The molecule has 0 aromatic carbocycles. The van der Waals surface area contributed by atoms with Crippen LogP contribution in [0.4, 0.5) is 0 Å². The maximum atomic E-state index is 4.90. The molecule has 0 atom stereocenters. The fourth-order valence-corrected chi connectivity index (χ4v) is 0.977. The highest BCUT2D eigenvalue weighted by Gasteiger charge is 1.92. The van der Waals surface area contributed by atoms with Crippen LogP contribution in [0.2, 0.25) is 0 Å². The van der Waals surface area contributed by atoms with E-state index in [-0.39, 0.29) is 0 Å². The fourth-order valence-electron chi connectivity index (χ4n) is 0.902. The van der Waals surface area contributed by atoms with Crippen LogP contribution in [0.15, 0.2) is 72.4 Å². The van der Waals surface area contributed by atoms with Crippen LogP contribution in [0.5, 0.6) is 0 Å². The summed E-state index contributed by atoms with van der Waals surface area (Å²) in [5.74, 6) is 0.603. The predicted octanol–water partition coefficient (Wildman–Crippen LogP) is 4.20. The highest BCUT2D eigenvalue weighted by atomic mass is 32.1. The van der Waals surface area contributed by atoms with Gasteiger partial charge in [0.25, 0.3) is 0 Å². The van der Waals surface area contributed by atoms with Crippen molar-refractivity contribution in [1.82, 2.24) is 0 Å². The Balaban J connectivity index is 4.16. The molecule has 16 heavy (non-hydrogen) atoms. The standard InChI is InChI=1S/C14H18OS/c1-11(6-8-13(3)15-5)10-12(2)7-9-14(4)16/h6-9,16H,1-4,10H2,5H3/b8-6-,9-7-. The minimum Gasteiger partial charge on any atom is -0.497 e. The van der Waals surface area contributed by atoms with Gasteiger partial charge in [0.1, 0.15) is 5.76 Å². The van der Waals surface area contributed by atoms with Gasteiger partial charge in [-0.2, -0.15) is 0 Å². The van der Waals surface area contributed by atoms with Crippen LogP contribution in [0, 0.1) is 0 Å². The van der Waals surface area contributed by atoms with Crippen LogP contribution in [-0.4, -0.2) is 7.11 Å². The molecule has 0 unspecified atom stereocenters. The van der Waals surface area contributed by atoms with E-state index in [4.69, 9.17) is 4.74 Å². The minimum absolute atomic E-state index is 0.603. The average molecular weight is 234 g/mol. The molecular weight excluding hydrogens is 216 g/mol. The maximum absolute atomic E-state index is 4.90. The fraction of sp³-hybridized carbons (Fsp3) is 0.143. The van der Waals surface area contributed by atoms with Crippen LogP contribution >= 0.6 is 12.6 Å². The molecule has 0 saturated heterocycles. The van der Waals surface area contributed by atoms with Gasteiger partial charge in [0, 0.05) is 0 Å². The number of methoxy groups -OCH3 is 1. The number of thiol groups is 1. The zero-order chi connectivity index (χ0) is 12.6. The molecule has 0 aliphatic heterocycles. The molecule has 0 fully saturated rings. The van der Waals surface area contributed by atoms with Gasteiger partial charge >= 0.3 is 0 Å². The smallest absolute Gasteiger partial charge is 0.111 e. The van der Waals surface area contributed by atoms with E-state index < -0.39 is 0 Å². The summed E-state index contributed by atoms with van der Waals surface area (Å²) in [5.41, 5.74) is 1.89. The first-order valence-corrected chi connectivity index (χ1v) is 5.23. The molecule has 0 radical (unpaired) electrons. The first-order valence-electron chi connectivity index (χ1n) is 4.78. The molecule has 2 heteroatoms. The molecule has 86 valence electrons. The molecule has 0 heterocycles. The van der Waals surface area contributed by atoms with Crippen LogP contribution in [0.25, 0.3) is 0 Å². The van der Waals surface area contributed by atoms with Crippen molar-refractivity contribution in [2.45, 2.75) is 6.42 Å². The average Bonchev–Trinajstić information content (AvgIpc) is 2.23. The zero-order valence-electron chi connectivity index (χ0n) is 9.70. The lowest BCUT2D eigenvalue weighted by Gasteiger charge is -2.01. The predicted molar refractivity (Wildman–Crippen MR) is 75.5 cm³/mol. The third-order valence-electron chi connectivity index (χ3n) is 1.73. The van der Waals surface area contributed by atoms with Crippen LogP contribution in [0.3, 0.4) is 0 Å². The molecule has 0 aromatic heterocycles. The zero-order valence-corrected chi connectivity index (χ0v) is 10.6. The van der Waals surface area contributed by atoms with Crippen molar-refractivity contribution in [3.05, 3.63) is 72.4 Å². The van der Waals surface area contributed by atoms with Crippen LogP contribution < -0.4 is 0 Å². The molecule has 0 spiro atoms. The summed E-state index contributed by atoms with van der Waals surface area (Å²) in [5, 5.41) is 0. The van der Waals surface area contributed by atoms with Gasteiger partial charge in [-0.05, 0) is 23.5 Å². The number of hydrogen-bond acceptors (Lipinski definition) is 2. The monoisotopic (exact) mass is 234 g/mol. The summed E-state index contributed by atoms with van der Waals surface area (Å²) in [7, 11) is 1.58. The second-order valence-corrected chi connectivity index (χ2v) is 3.90. The highest BCUT2D eigenvalue weighted by molar-refractivity contribution is 7.84. The third kappa shape index (κ3) is 7.94. The Hall–Kier alpha value is -1.41. The molecule has 0 aromatic rings. The second-order valence-electron chi connectivity index (χ2n) is 3.32. The first-order chi connectivity index (χ1) is 7.45. The van der Waals surface area contributed by atoms with Crippen LogP contribution in [0.1, 0.15) is 6.42 Å². The largest absolute Gasteiger partial charge is 0.497 e. The quantitative estimate of drug-likeness (QED) is 0.394. The van der Waals surface area contributed by atoms with Gasteiger partial charge in [0.2, 0.25) is 0 Å². The Morgan fingerprint density at radius 1 is 1.00 bits per heavy atom. The Bertz CT molecular complexity index is 359. The number of ether oxygens (including phenoxy) is 1. The third-order valence-corrected chi connectivity index (χ3v) is 1.88. The Morgan fingerprint density at radius 2 is 1.50 bits per heavy atom. The van der Waals surface area contributed by atoms with Gasteiger partial charge in [0.05, 0.1) is 7.11 Å². The highest BCUT2D eigenvalue weighted by Crippen LogP contribution is 2.12.